The number of rotatable bonds is 4. The van der Waals surface area contributed by atoms with Crippen molar-refractivity contribution in [2.45, 2.75) is 30.5 Å². The average Bonchev–Trinajstić information content (AvgIpc) is 2.55. The van der Waals surface area contributed by atoms with Gasteiger partial charge in [-0.15, -0.1) is 0 Å². The van der Waals surface area contributed by atoms with Crippen LogP contribution in [0.15, 0.2) is 9.00 Å². The molecule has 1 heterocycles. The van der Waals surface area contributed by atoms with Crippen LogP contribution in [0.5, 0.6) is 0 Å². The lowest BCUT2D eigenvalue weighted by molar-refractivity contribution is -0.146. The maximum absolute atomic E-state index is 12.0. The van der Waals surface area contributed by atoms with Gasteiger partial charge >= 0.3 is 10.8 Å². The van der Waals surface area contributed by atoms with Crippen molar-refractivity contribution in [1.29, 1.82) is 0 Å². The Kier molecular flexibility index (Phi) is 3.99. The van der Waals surface area contributed by atoms with Crippen LogP contribution in [-0.4, -0.2) is 32.0 Å². The minimum atomic E-state index is -3.95. The topological polar surface area (TPSA) is 105 Å². The second-order valence-electron chi connectivity index (χ2n) is 4.15. The number of esters is 1. The molecular formula is C9H14N2O5S2. The second kappa shape index (κ2) is 4.82. The van der Waals surface area contributed by atoms with Gasteiger partial charge in [0.05, 0.1) is 7.11 Å². The van der Waals surface area contributed by atoms with E-state index < -0.39 is 26.4 Å². The fraction of sp³-hybridized carbons (Fsp3) is 0.556. The molecule has 1 aromatic rings. The minimum absolute atomic E-state index is 0.135. The summed E-state index contributed by atoms with van der Waals surface area (Å²) in [6.45, 7) is 4.22. The van der Waals surface area contributed by atoms with E-state index in [2.05, 4.69) is 14.4 Å². The number of aromatic nitrogens is 1. The largest absolute Gasteiger partial charge is 0.468 e. The van der Waals surface area contributed by atoms with E-state index in [1.165, 1.54) is 20.8 Å². The van der Waals surface area contributed by atoms with Crippen molar-refractivity contribution in [2.75, 3.05) is 7.11 Å². The Bertz CT molecular complexity index is 611. The highest BCUT2D eigenvalue weighted by molar-refractivity contribution is 7.91. The van der Waals surface area contributed by atoms with Gasteiger partial charge < -0.3 is 9.72 Å². The van der Waals surface area contributed by atoms with E-state index in [4.69, 9.17) is 0 Å². The molecule has 0 unspecified atom stereocenters. The fourth-order valence-electron chi connectivity index (χ4n) is 1.33. The standard InChI is InChI=1S/C9H14N2O5S2/c1-5-6(17-8(13)10-5)18(14,15)11-9(2,3)7(12)16-4/h11H,1-4H3,(H,10,13). The molecule has 0 atom stereocenters. The number of hydrogen-bond donors (Lipinski definition) is 2. The molecular weight excluding hydrogens is 280 g/mol. The number of nitrogens with one attached hydrogen (secondary N) is 2. The Morgan fingerprint density at radius 2 is 2.00 bits per heavy atom. The molecule has 0 aliphatic rings. The fourth-order valence-corrected chi connectivity index (χ4v) is 4.00. The van der Waals surface area contributed by atoms with Gasteiger partial charge in [-0.05, 0) is 20.8 Å². The van der Waals surface area contributed by atoms with Crippen LogP contribution < -0.4 is 9.60 Å². The Hall–Kier alpha value is -1.19. The second-order valence-corrected chi connectivity index (χ2v) is 7.01. The van der Waals surface area contributed by atoms with Crippen LogP contribution in [0, 0.1) is 6.92 Å². The Labute approximate surface area is 108 Å². The highest BCUT2D eigenvalue weighted by Crippen LogP contribution is 2.18. The first-order valence-corrected chi connectivity index (χ1v) is 7.22. The third kappa shape index (κ3) is 2.98. The Balaban J connectivity index is 3.14. The molecule has 0 aliphatic carbocycles. The summed E-state index contributed by atoms with van der Waals surface area (Å²) in [6, 6.07) is 0. The first-order chi connectivity index (χ1) is 8.10. The normalized spacial score (nSPS) is 12.4. The SMILES string of the molecule is COC(=O)C(C)(C)NS(=O)(=O)c1sc(=O)[nH]c1C. The van der Waals surface area contributed by atoms with E-state index in [-0.39, 0.29) is 9.90 Å². The Morgan fingerprint density at radius 3 is 2.39 bits per heavy atom. The van der Waals surface area contributed by atoms with Crippen LogP contribution >= 0.6 is 11.3 Å². The summed E-state index contributed by atoms with van der Waals surface area (Å²) in [5, 5.41) is 0. The monoisotopic (exact) mass is 294 g/mol. The molecule has 1 rings (SSSR count). The van der Waals surface area contributed by atoms with Gasteiger partial charge in [0.15, 0.2) is 4.21 Å². The number of aryl methyl sites for hydroxylation is 1. The number of carbonyl (C=O) groups excluding carboxylic acids is 1. The predicted molar refractivity (Wildman–Crippen MR) is 66.1 cm³/mol. The first-order valence-electron chi connectivity index (χ1n) is 4.92. The molecule has 0 saturated heterocycles. The molecule has 1 aromatic heterocycles. The number of ether oxygens (including phenoxy) is 1. The average molecular weight is 294 g/mol. The third-order valence-electron chi connectivity index (χ3n) is 2.11. The van der Waals surface area contributed by atoms with Crippen molar-refractivity contribution in [3.63, 3.8) is 0 Å². The lowest BCUT2D eigenvalue weighted by Gasteiger charge is -2.22. The van der Waals surface area contributed by atoms with E-state index >= 15 is 0 Å². The number of aromatic amines is 1. The Morgan fingerprint density at radius 1 is 1.44 bits per heavy atom. The van der Waals surface area contributed by atoms with E-state index in [0.29, 0.717) is 11.3 Å². The van der Waals surface area contributed by atoms with Crippen LogP contribution in [0.4, 0.5) is 0 Å². The molecule has 0 aliphatic heterocycles. The number of thiazole rings is 1. The lowest BCUT2D eigenvalue weighted by Crippen LogP contribution is -2.50. The first kappa shape index (κ1) is 14.9. The predicted octanol–water partition coefficient (Wildman–Crippen LogP) is -0.0253. The highest BCUT2D eigenvalue weighted by Gasteiger charge is 2.35. The molecule has 0 bridgehead atoms. The summed E-state index contributed by atoms with van der Waals surface area (Å²) in [7, 11) is -2.78. The van der Waals surface area contributed by atoms with Crippen LogP contribution in [-0.2, 0) is 19.6 Å². The van der Waals surface area contributed by atoms with Crippen molar-refractivity contribution >= 4 is 27.3 Å². The molecule has 7 nitrogen and oxygen atoms in total. The summed E-state index contributed by atoms with van der Waals surface area (Å²) >= 11 is 0.568. The zero-order valence-corrected chi connectivity index (χ0v) is 12.0. The zero-order valence-electron chi connectivity index (χ0n) is 10.4. The molecule has 0 spiro atoms. The van der Waals surface area contributed by atoms with Crippen molar-refractivity contribution in [3.8, 4) is 0 Å². The molecule has 0 aromatic carbocycles. The van der Waals surface area contributed by atoms with Gasteiger partial charge in [-0.1, -0.05) is 11.3 Å². The third-order valence-corrected chi connectivity index (χ3v) is 5.37. The maximum atomic E-state index is 12.0. The maximum Gasteiger partial charge on any atom is 0.326 e. The molecule has 0 amide bonds. The number of sulfonamides is 1. The van der Waals surface area contributed by atoms with Gasteiger partial charge in [0, 0.05) is 5.69 Å². The summed E-state index contributed by atoms with van der Waals surface area (Å²) in [5.74, 6) is -0.716. The van der Waals surface area contributed by atoms with Gasteiger partial charge in [-0.3, -0.25) is 9.59 Å². The number of hydrogen-bond acceptors (Lipinski definition) is 6. The van der Waals surface area contributed by atoms with E-state index in [9.17, 15) is 18.0 Å². The van der Waals surface area contributed by atoms with E-state index in [1.807, 2.05) is 0 Å². The van der Waals surface area contributed by atoms with E-state index in [1.54, 1.807) is 0 Å². The van der Waals surface area contributed by atoms with Crippen molar-refractivity contribution in [2.24, 2.45) is 0 Å². The van der Waals surface area contributed by atoms with Gasteiger partial charge in [0.25, 0.3) is 10.0 Å². The van der Waals surface area contributed by atoms with Crippen LogP contribution in [0.1, 0.15) is 19.5 Å². The highest BCUT2D eigenvalue weighted by atomic mass is 32.2. The van der Waals surface area contributed by atoms with Gasteiger partial charge in [0.2, 0.25) is 0 Å². The quantitative estimate of drug-likeness (QED) is 0.759. The van der Waals surface area contributed by atoms with Crippen LogP contribution in [0.2, 0.25) is 0 Å². The summed E-state index contributed by atoms with van der Waals surface area (Å²) in [4.78, 5) is 24.4. The van der Waals surface area contributed by atoms with Gasteiger partial charge in [-0.2, -0.15) is 4.72 Å². The smallest absolute Gasteiger partial charge is 0.326 e. The summed E-state index contributed by atoms with van der Waals surface area (Å²) in [5.41, 5.74) is -1.18. The molecule has 9 heteroatoms. The van der Waals surface area contributed by atoms with Crippen molar-refractivity contribution in [3.05, 3.63) is 15.4 Å². The molecule has 18 heavy (non-hydrogen) atoms. The van der Waals surface area contributed by atoms with Gasteiger partial charge in [-0.25, -0.2) is 8.42 Å². The van der Waals surface area contributed by atoms with Crippen LogP contribution in [0.3, 0.4) is 0 Å². The molecule has 2 N–H and O–H groups in total. The van der Waals surface area contributed by atoms with Crippen molar-refractivity contribution < 1.29 is 17.9 Å². The number of carbonyl (C=O) groups is 1. The zero-order chi connectivity index (χ0) is 14.1. The number of methoxy groups -OCH3 is 1. The summed E-state index contributed by atoms with van der Waals surface area (Å²) in [6.07, 6.45) is 0. The van der Waals surface area contributed by atoms with Crippen molar-refractivity contribution in [1.82, 2.24) is 9.71 Å². The molecule has 0 fully saturated rings. The lowest BCUT2D eigenvalue weighted by atomic mass is 10.1. The number of H-pyrrole nitrogens is 1. The summed E-state index contributed by atoms with van der Waals surface area (Å²) < 4.78 is 30.6. The molecule has 0 radical (unpaired) electrons. The van der Waals surface area contributed by atoms with Crippen LogP contribution in [0.25, 0.3) is 0 Å². The van der Waals surface area contributed by atoms with Gasteiger partial charge in [0.1, 0.15) is 5.54 Å². The molecule has 0 saturated carbocycles. The minimum Gasteiger partial charge on any atom is -0.468 e. The van der Waals surface area contributed by atoms with E-state index in [0.717, 1.165) is 7.11 Å². The molecule has 102 valence electrons.